The summed E-state index contributed by atoms with van der Waals surface area (Å²) in [6, 6.07) is 13.5. The van der Waals surface area contributed by atoms with Gasteiger partial charge >= 0.3 is 0 Å². The molecule has 0 aliphatic heterocycles. The molecule has 0 amide bonds. The molecule has 2 heterocycles. The van der Waals surface area contributed by atoms with Crippen molar-refractivity contribution in [2.24, 2.45) is 0 Å². The second kappa shape index (κ2) is 8.12. The zero-order chi connectivity index (χ0) is 19.5. The third kappa shape index (κ3) is 3.93. The molecule has 4 rings (SSSR count). The lowest BCUT2D eigenvalue weighted by atomic mass is 10.2. The average Bonchev–Trinajstić information content (AvgIpc) is 3.34. The summed E-state index contributed by atoms with van der Waals surface area (Å²) in [5, 5.41) is 13.9. The lowest BCUT2D eigenvalue weighted by Gasteiger charge is -2.06. The third-order valence-corrected chi connectivity index (χ3v) is 5.20. The summed E-state index contributed by atoms with van der Waals surface area (Å²) in [5.74, 6) is 1.85. The quantitative estimate of drug-likeness (QED) is 0.408. The van der Waals surface area contributed by atoms with E-state index in [0.717, 1.165) is 16.3 Å². The summed E-state index contributed by atoms with van der Waals surface area (Å²) in [6.07, 6.45) is 0. The maximum Gasteiger partial charge on any atom is 0.258 e. The summed E-state index contributed by atoms with van der Waals surface area (Å²) in [5.41, 5.74) is 1.58. The number of hydrogen-bond acceptors (Lipinski definition) is 6. The van der Waals surface area contributed by atoms with Gasteiger partial charge in [0.2, 0.25) is 0 Å². The molecule has 28 heavy (non-hydrogen) atoms. The Hall–Kier alpha value is -2.71. The van der Waals surface area contributed by atoms with E-state index in [9.17, 15) is 4.39 Å². The Balaban J connectivity index is 1.50. The Labute approximate surface area is 169 Å². The minimum atomic E-state index is -0.284. The van der Waals surface area contributed by atoms with E-state index >= 15 is 0 Å². The Kier molecular flexibility index (Phi) is 5.40. The lowest BCUT2D eigenvalue weighted by molar-refractivity contribution is 0.425. The van der Waals surface area contributed by atoms with Gasteiger partial charge in [0.15, 0.2) is 16.8 Å². The molecule has 6 nitrogen and oxygen atoms in total. The van der Waals surface area contributed by atoms with Gasteiger partial charge in [0, 0.05) is 22.7 Å². The fraction of sp³-hybridized carbons (Fsp3) is 0.158. The highest BCUT2D eigenvalue weighted by atomic mass is 35.5. The van der Waals surface area contributed by atoms with Gasteiger partial charge in [-0.15, -0.1) is 10.2 Å². The molecule has 2 aromatic carbocycles. The predicted molar refractivity (Wildman–Crippen MR) is 105 cm³/mol. The molecule has 0 bridgehead atoms. The van der Waals surface area contributed by atoms with E-state index in [2.05, 4.69) is 20.3 Å². The molecule has 0 radical (unpaired) electrons. The second-order valence-electron chi connectivity index (χ2n) is 5.87. The normalized spacial score (nSPS) is 11.1. The van der Waals surface area contributed by atoms with Crippen LogP contribution in [0, 0.1) is 5.82 Å². The van der Waals surface area contributed by atoms with Gasteiger partial charge in [-0.3, -0.25) is 0 Å². The highest BCUT2D eigenvalue weighted by Gasteiger charge is 2.15. The van der Waals surface area contributed by atoms with Crippen molar-refractivity contribution in [1.29, 1.82) is 0 Å². The third-order valence-electron chi connectivity index (χ3n) is 4.01. The van der Waals surface area contributed by atoms with Gasteiger partial charge in [-0.1, -0.05) is 34.6 Å². The Bertz CT molecular complexity index is 1100. The van der Waals surface area contributed by atoms with Gasteiger partial charge < -0.3 is 9.09 Å². The lowest BCUT2D eigenvalue weighted by Crippen LogP contribution is -2.00. The topological polar surface area (TPSA) is 69.6 Å². The predicted octanol–water partition coefficient (Wildman–Crippen LogP) is 5.10. The van der Waals surface area contributed by atoms with Crippen LogP contribution < -0.4 is 0 Å². The minimum Gasteiger partial charge on any atom is -0.334 e. The number of benzene rings is 2. The maximum absolute atomic E-state index is 13.2. The summed E-state index contributed by atoms with van der Waals surface area (Å²) in [7, 11) is 0. The molecule has 4 aromatic rings. The van der Waals surface area contributed by atoms with Crippen LogP contribution in [0.2, 0.25) is 5.02 Å². The molecule has 0 saturated heterocycles. The first-order valence-electron chi connectivity index (χ1n) is 8.54. The van der Waals surface area contributed by atoms with Gasteiger partial charge in [-0.2, -0.15) is 4.98 Å². The van der Waals surface area contributed by atoms with Gasteiger partial charge in [0.25, 0.3) is 5.89 Å². The van der Waals surface area contributed by atoms with Crippen molar-refractivity contribution < 1.29 is 8.91 Å². The van der Waals surface area contributed by atoms with Gasteiger partial charge in [-0.25, -0.2) is 4.39 Å². The number of rotatable bonds is 6. The van der Waals surface area contributed by atoms with Crippen LogP contribution in [-0.4, -0.2) is 24.9 Å². The molecule has 142 valence electrons. The molecule has 0 unspecified atom stereocenters. The molecule has 0 spiro atoms. The first-order valence-corrected chi connectivity index (χ1v) is 9.91. The number of aromatic nitrogens is 5. The van der Waals surface area contributed by atoms with E-state index in [-0.39, 0.29) is 5.82 Å². The summed E-state index contributed by atoms with van der Waals surface area (Å²) in [6.45, 7) is 2.69. The molecule has 0 atom stereocenters. The van der Waals surface area contributed by atoms with Crippen molar-refractivity contribution in [2.75, 3.05) is 0 Å². The molecular weight excluding hydrogens is 401 g/mol. The molecule has 9 heteroatoms. The van der Waals surface area contributed by atoms with Crippen LogP contribution in [0.3, 0.4) is 0 Å². The van der Waals surface area contributed by atoms with E-state index in [0.29, 0.717) is 34.9 Å². The van der Waals surface area contributed by atoms with Crippen molar-refractivity contribution >= 4 is 23.4 Å². The van der Waals surface area contributed by atoms with Crippen LogP contribution in [0.25, 0.3) is 22.8 Å². The Morgan fingerprint density at radius 1 is 1.11 bits per heavy atom. The number of hydrogen-bond donors (Lipinski definition) is 0. The van der Waals surface area contributed by atoms with Gasteiger partial charge in [0.05, 0.1) is 5.75 Å². The number of nitrogens with zero attached hydrogens (tertiary/aromatic N) is 5. The summed E-state index contributed by atoms with van der Waals surface area (Å²) < 4.78 is 20.5. The van der Waals surface area contributed by atoms with E-state index in [4.69, 9.17) is 16.1 Å². The molecule has 0 N–H and O–H groups in total. The highest BCUT2D eigenvalue weighted by Crippen LogP contribution is 2.27. The zero-order valence-electron chi connectivity index (χ0n) is 14.8. The molecule has 0 saturated carbocycles. The average molecular weight is 416 g/mol. The Morgan fingerprint density at radius 3 is 2.68 bits per heavy atom. The van der Waals surface area contributed by atoms with Crippen molar-refractivity contribution in [3.63, 3.8) is 0 Å². The number of halogens is 2. The van der Waals surface area contributed by atoms with Gasteiger partial charge in [-0.05, 0) is 49.4 Å². The van der Waals surface area contributed by atoms with Gasteiger partial charge in [0.1, 0.15) is 5.82 Å². The first kappa shape index (κ1) is 18.6. The highest BCUT2D eigenvalue weighted by molar-refractivity contribution is 7.98. The fourth-order valence-electron chi connectivity index (χ4n) is 2.67. The van der Waals surface area contributed by atoms with Crippen LogP contribution in [-0.2, 0) is 12.3 Å². The fourth-order valence-corrected chi connectivity index (χ4v) is 3.71. The van der Waals surface area contributed by atoms with Crippen molar-refractivity contribution in [3.05, 3.63) is 65.2 Å². The van der Waals surface area contributed by atoms with Crippen molar-refractivity contribution in [3.8, 4) is 22.8 Å². The smallest absolute Gasteiger partial charge is 0.258 e. The molecular formula is C19H15ClFN5OS. The zero-order valence-corrected chi connectivity index (χ0v) is 16.4. The van der Waals surface area contributed by atoms with Crippen LogP contribution in [0.4, 0.5) is 4.39 Å². The number of thioether (sulfide) groups is 1. The van der Waals surface area contributed by atoms with E-state index < -0.39 is 0 Å². The molecule has 0 aliphatic rings. The summed E-state index contributed by atoms with van der Waals surface area (Å²) >= 11 is 7.46. The van der Waals surface area contributed by atoms with Crippen molar-refractivity contribution in [2.45, 2.75) is 24.4 Å². The molecule has 2 aromatic heterocycles. The largest absolute Gasteiger partial charge is 0.334 e. The van der Waals surface area contributed by atoms with Crippen LogP contribution in [0.5, 0.6) is 0 Å². The van der Waals surface area contributed by atoms with Crippen LogP contribution in [0.15, 0.2) is 58.2 Å². The van der Waals surface area contributed by atoms with E-state index in [1.54, 1.807) is 24.3 Å². The van der Waals surface area contributed by atoms with E-state index in [1.807, 2.05) is 23.6 Å². The summed E-state index contributed by atoms with van der Waals surface area (Å²) in [4.78, 5) is 4.41. The van der Waals surface area contributed by atoms with E-state index in [1.165, 1.54) is 23.9 Å². The van der Waals surface area contributed by atoms with Crippen molar-refractivity contribution in [1.82, 2.24) is 24.9 Å². The first-order chi connectivity index (χ1) is 13.6. The molecule has 0 fully saturated rings. The SMILES string of the molecule is CCn1c(SCc2noc(-c3cccc(Cl)c3)n2)nnc1-c1ccc(F)cc1. The second-order valence-corrected chi connectivity index (χ2v) is 7.25. The Morgan fingerprint density at radius 2 is 1.93 bits per heavy atom. The monoisotopic (exact) mass is 415 g/mol. The standard InChI is InChI=1S/C19H15ClFN5OS/c1-2-26-17(12-6-8-15(21)9-7-12)23-24-19(26)28-11-16-22-18(27-25-16)13-4-3-5-14(20)10-13/h3-10H,2,11H2,1H3. The van der Waals surface area contributed by atoms with Crippen LogP contribution in [0.1, 0.15) is 12.7 Å². The molecule has 0 aliphatic carbocycles. The van der Waals surface area contributed by atoms with Crippen LogP contribution >= 0.6 is 23.4 Å². The minimum absolute atomic E-state index is 0.284. The maximum atomic E-state index is 13.2.